The first-order valence-corrected chi connectivity index (χ1v) is 6.14. The highest BCUT2D eigenvalue weighted by Crippen LogP contribution is 2.28. The number of furan rings is 1. The number of hydrogen-bond donors (Lipinski definition) is 0. The van der Waals surface area contributed by atoms with Gasteiger partial charge in [0.05, 0.1) is 22.9 Å². The molecular formula is C14H11N3O2. The molecule has 3 heterocycles. The van der Waals surface area contributed by atoms with E-state index < -0.39 is 0 Å². The van der Waals surface area contributed by atoms with E-state index >= 15 is 0 Å². The number of para-hydroxylation sites is 2. The zero-order chi connectivity index (χ0) is 12.8. The largest absolute Gasteiger partial charge is 0.472 e. The second kappa shape index (κ2) is 3.71. The van der Waals surface area contributed by atoms with Crippen molar-refractivity contribution in [1.82, 2.24) is 9.55 Å². The Hall–Kier alpha value is -2.56. The molecule has 1 amide bonds. The molecule has 94 valence electrons. The number of fused-ring (bicyclic) bond motifs is 3. The third kappa shape index (κ3) is 1.41. The second-order valence-electron chi connectivity index (χ2n) is 4.52. The molecule has 0 saturated carbocycles. The summed E-state index contributed by atoms with van der Waals surface area (Å²) in [6, 6.07) is 9.59. The van der Waals surface area contributed by atoms with Gasteiger partial charge in [0, 0.05) is 13.1 Å². The van der Waals surface area contributed by atoms with Crippen LogP contribution in [-0.4, -0.2) is 22.0 Å². The van der Waals surface area contributed by atoms with Gasteiger partial charge in [-0.15, -0.1) is 0 Å². The van der Waals surface area contributed by atoms with Gasteiger partial charge in [-0.25, -0.2) is 4.98 Å². The lowest BCUT2D eigenvalue weighted by Crippen LogP contribution is -2.29. The molecule has 1 aromatic carbocycles. The molecule has 0 atom stereocenters. The van der Waals surface area contributed by atoms with Crippen molar-refractivity contribution in [3.8, 4) is 0 Å². The molecule has 0 unspecified atom stereocenters. The number of benzene rings is 1. The number of nitrogens with zero attached hydrogens (tertiary/aromatic N) is 3. The summed E-state index contributed by atoms with van der Waals surface area (Å²) < 4.78 is 7.04. The highest BCUT2D eigenvalue weighted by molar-refractivity contribution is 6.06. The standard InChI is InChI=1S/C14H11N3O2/c18-13(10-5-8-19-9-10)17-7-6-16-12-4-2-1-3-11(12)15-14(16)17/h1-5,8-9H,6-7H2. The van der Waals surface area contributed by atoms with E-state index in [1.165, 1.54) is 12.5 Å². The second-order valence-corrected chi connectivity index (χ2v) is 4.52. The van der Waals surface area contributed by atoms with Gasteiger partial charge >= 0.3 is 0 Å². The van der Waals surface area contributed by atoms with E-state index in [1.807, 2.05) is 24.3 Å². The molecule has 5 heteroatoms. The van der Waals surface area contributed by atoms with Gasteiger partial charge in [-0.3, -0.25) is 9.69 Å². The Labute approximate surface area is 109 Å². The third-order valence-electron chi connectivity index (χ3n) is 3.44. The Bertz CT molecular complexity index is 758. The molecule has 0 aliphatic carbocycles. The molecule has 3 aromatic rings. The van der Waals surface area contributed by atoms with Crippen molar-refractivity contribution in [3.63, 3.8) is 0 Å². The van der Waals surface area contributed by atoms with E-state index in [1.54, 1.807) is 11.0 Å². The van der Waals surface area contributed by atoms with Crippen LogP contribution in [0.4, 0.5) is 5.95 Å². The van der Waals surface area contributed by atoms with Crippen molar-refractivity contribution >= 4 is 22.9 Å². The van der Waals surface area contributed by atoms with Gasteiger partial charge in [0.2, 0.25) is 5.95 Å². The Balaban J connectivity index is 1.82. The smallest absolute Gasteiger partial charge is 0.263 e. The summed E-state index contributed by atoms with van der Waals surface area (Å²) in [6.45, 7) is 1.43. The number of carbonyl (C=O) groups is 1. The fourth-order valence-electron chi connectivity index (χ4n) is 2.52. The van der Waals surface area contributed by atoms with Gasteiger partial charge in [0.25, 0.3) is 5.91 Å². The van der Waals surface area contributed by atoms with Crippen LogP contribution in [0.25, 0.3) is 11.0 Å². The molecule has 0 saturated heterocycles. The SMILES string of the molecule is O=C(c1ccoc1)N1CCn2c1nc1ccccc12. The van der Waals surface area contributed by atoms with Crippen molar-refractivity contribution in [1.29, 1.82) is 0 Å². The van der Waals surface area contributed by atoms with Crippen LogP contribution in [0, 0.1) is 0 Å². The summed E-state index contributed by atoms with van der Waals surface area (Å²) in [5.74, 6) is 0.648. The zero-order valence-corrected chi connectivity index (χ0v) is 10.1. The average molecular weight is 253 g/mol. The van der Waals surface area contributed by atoms with Crippen LogP contribution in [0.3, 0.4) is 0 Å². The number of hydrogen-bond acceptors (Lipinski definition) is 3. The van der Waals surface area contributed by atoms with Crippen molar-refractivity contribution in [3.05, 3.63) is 48.4 Å². The van der Waals surface area contributed by atoms with E-state index in [0.717, 1.165) is 17.6 Å². The topological polar surface area (TPSA) is 51.3 Å². The third-order valence-corrected chi connectivity index (χ3v) is 3.44. The first-order chi connectivity index (χ1) is 9.34. The van der Waals surface area contributed by atoms with Crippen molar-refractivity contribution in [2.75, 3.05) is 11.4 Å². The predicted octanol–water partition coefficient (Wildman–Crippen LogP) is 2.29. The predicted molar refractivity (Wildman–Crippen MR) is 70.1 cm³/mol. The highest BCUT2D eigenvalue weighted by atomic mass is 16.3. The molecule has 2 aromatic heterocycles. The van der Waals surface area contributed by atoms with Crippen LogP contribution in [-0.2, 0) is 6.54 Å². The Morgan fingerprint density at radius 1 is 1.21 bits per heavy atom. The van der Waals surface area contributed by atoms with Crippen molar-refractivity contribution in [2.45, 2.75) is 6.54 Å². The minimum Gasteiger partial charge on any atom is -0.472 e. The lowest BCUT2D eigenvalue weighted by atomic mass is 10.3. The van der Waals surface area contributed by atoms with Gasteiger partial charge in [-0.2, -0.15) is 0 Å². The molecular weight excluding hydrogens is 242 g/mol. The van der Waals surface area contributed by atoms with E-state index in [9.17, 15) is 4.79 Å². The summed E-state index contributed by atoms with van der Waals surface area (Å²) in [5, 5.41) is 0. The van der Waals surface area contributed by atoms with Gasteiger partial charge < -0.3 is 8.98 Å². The lowest BCUT2D eigenvalue weighted by Gasteiger charge is -2.11. The Morgan fingerprint density at radius 3 is 2.95 bits per heavy atom. The summed E-state index contributed by atoms with van der Waals surface area (Å²) in [7, 11) is 0. The molecule has 4 rings (SSSR count). The van der Waals surface area contributed by atoms with Gasteiger partial charge in [0.15, 0.2) is 0 Å². The van der Waals surface area contributed by atoms with E-state index in [4.69, 9.17) is 4.42 Å². The number of amides is 1. The van der Waals surface area contributed by atoms with E-state index in [-0.39, 0.29) is 5.91 Å². The van der Waals surface area contributed by atoms with Gasteiger partial charge in [-0.1, -0.05) is 12.1 Å². The van der Waals surface area contributed by atoms with Gasteiger partial charge in [0.1, 0.15) is 6.26 Å². The average Bonchev–Trinajstić information content (AvgIpc) is 3.14. The van der Waals surface area contributed by atoms with Crippen molar-refractivity contribution in [2.24, 2.45) is 0 Å². The summed E-state index contributed by atoms with van der Waals surface area (Å²) in [6.07, 6.45) is 2.97. The molecule has 19 heavy (non-hydrogen) atoms. The first-order valence-electron chi connectivity index (χ1n) is 6.14. The molecule has 0 bridgehead atoms. The lowest BCUT2D eigenvalue weighted by molar-refractivity contribution is 0.0988. The minimum absolute atomic E-state index is 0.0668. The van der Waals surface area contributed by atoms with Crippen molar-refractivity contribution < 1.29 is 9.21 Å². The molecule has 0 spiro atoms. The molecule has 1 aliphatic heterocycles. The molecule has 0 radical (unpaired) electrons. The quantitative estimate of drug-likeness (QED) is 0.668. The van der Waals surface area contributed by atoms with Crippen LogP contribution in [0.5, 0.6) is 0 Å². The van der Waals surface area contributed by atoms with Crippen LogP contribution in [0.1, 0.15) is 10.4 Å². The minimum atomic E-state index is -0.0668. The Morgan fingerprint density at radius 2 is 2.11 bits per heavy atom. The fraction of sp³-hybridized carbons (Fsp3) is 0.143. The van der Waals surface area contributed by atoms with Crippen LogP contribution in [0.15, 0.2) is 47.3 Å². The van der Waals surface area contributed by atoms with Gasteiger partial charge in [-0.05, 0) is 18.2 Å². The number of carbonyl (C=O) groups excluding carboxylic acids is 1. The maximum atomic E-state index is 12.4. The number of anilines is 1. The summed E-state index contributed by atoms with van der Waals surface area (Å²) >= 11 is 0. The van der Waals surface area contributed by atoms with E-state index in [2.05, 4.69) is 9.55 Å². The normalized spacial score (nSPS) is 14.0. The number of imidazole rings is 1. The van der Waals surface area contributed by atoms with Crippen LogP contribution in [0.2, 0.25) is 0 Å². The van der Waals surface area contributed by atoms with E-state index in [0.29, 0.717) is 18.1 Å². The monoisotopic (exact) mass is 253 g/mol. The molecule has 1 aliphatic rings. The molecule has 0 fully saturated rings. The first kappa shape index (κ1) is 10.4. The summed E-state index contributed by atoms with van der Waals surface area (Å²) in [4.78, 5) is 18.6. The number of aromatic nitrogens is 2. The zero-order valence-electron chi connectivity index (χ0n) is 10.1. The number of rotatable bonds is 1. The maximum Gasteiger partial charge on any atom is 0.263 e. The molecule has 0 N–H and O–H groups in total. The Kier molecular flexibility index (Phi) is 2.03. The summed E-state index contributed by atoms with van der Waals surface area (Å²) in [5.41, 5.74) is 2.54. The highest BCUT2D eigenvalue weighted by Gasteiger charge is 2.29. The van der Waals surface area contributed by atoms with Crippen LogP contribution < -0.4 is 4.90 Å². The van der Waals surface area contributed by atoms with Crippen LogP contribution >= 0.6 is 0 Å². The fourth-order valence-corrected chi connectivity index (χ4v) is 2.52. The molecule has 5 nitrogen and oxygen atoms in total. The maximum absolute atomic E-state index is 12.4.